The summed E-state index contributed by atoms with van der Waals surface area (Å²) in [6, 6.07) is 5.45. The van der Waals surface area contributed by atoms with Gasteiger partial charge in [0.05, 0.1) is 11.1 Å². The van der Waals surface area contributed by atoms with Gasteiger partial charge in [0.2, 0.25) is 0 Å². The van der Waals surface area contributed by atoms with Gasteiger partial charge in [-0.3, -0.25) is 4.79 Å². The van der Waals surface area contributed by atoms with Crippen LogP contribution in [0.1, 0.15) is 29.6 Å². The Bertz CT molecular complexity index is 1010. The second-order valence-electron chi connectivity index (χ2n) is 6.82. The summed E-state index contributed by atoms with van der Waals surface area (Å²) in [5.74, 6) is -1.36. The standard InChI is InChI=1S/C20H20F2N4O/c1-25-10-7-14-18(25)15(20(27)26-8-3-2-4-9-26)12-23-19(14)24-13-5-6-16(21)17(22)11-13/h5-7,10-12H,2-4,8-9H2,1H3,(H,23,24). The van der Waals surface area contributed by atoms with E-state index in [9.17, 15) is 13.6 Å². The molecule has 3 aromatic rings. The van der Waals surface area contributed by atoms with Crippen LogP contribution >= 0.6 is 0 Å². The number of benzene rings is 1. The number of hydrogen-bond donors (Lipinski definition) is 1. The van der Waals surface area contributed by atoms with Gasteiger partial charge < -0.3 is 14.8 Å². The van der Waals surface area contributed by atoms with Crippen molar-refractivity contribution < 1.29 is 13.6 Å². The molecule has 140 valence electrons. The van der Waals surface area contributed by atoms with E-state index in [4.69, 9.17) is 0 Å². The van der Waals surface area contributed by atoms with Gasteiger partial charge in [0, 0.05) is 49.7 Å². The Balaban J connectivity index is 1.72. The third-order valence-electron chi connectivity index (χ3n) is 4.96. The van der Waals surface area contributed by atoms with Crippen molar-refractivity contribution >= 4 is 28.3 Å². The minimum absolute atomic E-state index is 0.0200. The zero-order valence-corrected chi connectivity index (χ0v) is 15.0. The zero-order chi connectivity index (χ0) is 19.0. The lowest BCUT2D eigenvalue weighted by molar-refractivity contribution is 0.0725. The lowest BCUT2D eigenvalue weighted by Crippen LogP contribution is -2.35. The number of halogens is 2. The molecule has 1 amide bonds. The summed E-state index contributed by atoms with van der Waals surface area (Å²) in [6.45, 7) is 1.53. The van der Waals surface area contributed by atoms with Crippen LogP contribution in [0.5, 0.6) is 0 Å². The minimum Gasteiger partial charge on any atom is -0.350 e. The number of fused-ring (bicyclic) bond motifs is 1. The second-order valence-corrected chi connectivity index (χ2v) is 6.82. The molecule has 1 aliphatic rings. The number of aromatic nitrogens is 2. The Labute approximate surface area is 155 Å². The third-order valence-corrected chi connectivity index (χ3v) is 4.96. The van der Waals surface area contributed by atoms with Crippen LogP contribution in [-0.4, -0.2) is 33.4 Å². The van der Waals surface area contributed by atoms with Crippen LogP contribution in [0.15, 0.2) is 36.7 Å². The van der Waals surface area contributed by atoms with E-state index in [1.54, 1.807) is 6.20 Å². The van der Waals surface area contributed by atoms with Crippen LogP contribution in [-0.2, 0) is 7.05 Å². The Morgan fingerprint density at radius 1 is 1.11 bits per heavy atom. The van der Waals surface area contributed by atoms with Gasteiger partial charge in [-0.05, 0) is 37.5 Å². The fraction of sp³-hybridized carbons (Fsp3) is 0.300. The van der Waals surface area contributed by atoms with Crippen LogP contribution in [0.25, 0.3) is 10.9 Å². The zero-order valence-electron chi connectivity index (χ0n) is 15.0. The first kappa shape index (κ1) is 17.5. The van der Waals surface area contributed by atoms with E-state index in [1.807, 2.05) is 28.8 Å². The van der Waals surface area contributed by atoms with Crippen molar-refractivity contribution in [2.45, 2.75) is 19.3 Å². The van der Waals surface area contributed by atoms with Crippen molar-refractivity contribution in [3.05, 3.63) is 53.9 Å². The van der Waals surface area contributed by atoms with E-state index < -0.39 is 11.6 Å². The molecule has 0 bridgehead atoms. The molecular formula is C20H20F2N4O. The SMILES string of the molecule is Cn1ccc2c(Nc3ccc(F)c(F)c3)ncc(C(=O)N3CCCCC3)c21. The summed E-state index contributed by atoms with van der Waals surface area (Å²) in [4.78, 5) is 19.2. The Morgan fingerprint density at radius 2 is 1.89 bits per heavy atom. The maximum Gasteiger partial charge on any atom is 0.257 e. The normalized spacial score (nSPS) is 14.6. The number of nitrogens with one attached hydrogen (secondary N) is 1. The molecule has 27 heavy (non-hydrogen) atoms. The smallest absolute Gasteiger partial charge is 0.257 e. The summed E-state index contributed by atoms with van der Waals surface area (Å²) in [7, 11) is 1.87. The fourth-order valence-corrected chi connectivity index (χ4v) is 3.55. The lowest BCUT2D eigenvalue weighted by atomic mass is 10.1. The van der Waals surface area contributed by atoms with Gasteiger partial charge in [0.25, 0.3) is 5.91 Å². The summed E-state index contributed by atoms with van der Waals surface area (Å²) in [5.41, 5.74) is 1.71. The molecule has 0 atom stereocenters. The first-order valence-corrected chi connectivity index (χ1v) is 9.00. The summed E-state index contributed by atoms with van der Waals surface area (Å²) in [5, 5.41) is 3.77. The molecule has 1 aromatic carbocycles. The van der Waals surface area contributed by atoms with Gasteiger partial charge in [-0.25, -0.2) is 13.8 Å². The number of amides is 1. The van der Waals surface area contributed by atoms with Gasteiger partial charge in [-0.2, -0.15) is 0 Å². The number of nitrogens with zero attached hydrogens (tertiary/aromatic N) is 3. The fourth-order valence-electron chi connectivity index (χ4n) is 3.55. The molecule has 3 heterocycles. The van der Waals surface area contributed by atoms with Crippen molar-refractivity contribution in [1.29, 1.82) is 0 Å². The predicted octanol–water partition coefficient (Wildman–Crippen LogP) is 4.22. The molecule has 4 rings (SSSR count). The topological polar surface area (TPSA) is 50.2 Å². The average molecular weight is 370 g/mol. The molecule has 0 radical (unpaired) electrons. The maximum absolute atomic E-state index is 13.5. The predicted molar refractivity (Wildman–Crippen MR) is 100 cm³/mol. The average Bonchev–Trinajstić information content (AvgIpc) is 3.08. The van der Waals surface area contributed by atoms with Gasteiger partial charge in [-0.15, -0.1) is 0 Å². The highest BCUT2D eigenvalue weighted by Crippen LogP contribution is 2.29. The summed E-state index contributed by atoms with van der Waals surface area (Å²) in [6.07, 6.45) is 6.60. The van der Waals surface area contributed by atoms with Crippen molar-refractivity contribution in [1.82, 2.24) is 14.5 Å². The maximum atomic E-state index is 13.5. The second kappa shape index (κ2) is 6.98. The van der Waals surface area contributed by atoms with Gasteiger partial charge in [0.15, 0.2) is 11.6 Å². The number of carbonyl (C=O) groups is 1. The molecule has 0 aliphatic carbocycles. The molecular weight excluding hydrogens is 350 g/mol. The quantitative estimate of drug-likeness (QED) is 0.751. The molecule has 1 aliphatic heterocycles. The number of rotatable bonds is 3. The number of carbonyl (C=O) groups excluding carboxylic acids is 1. The number of anilines is 2. The molecule has 1 N–H and O–H groups in total. The number of piperidine rings is 1. The minimum atomic E-state index is -0.929. The van der Waals surface area contributed by atoms with E-state index in [2.05, 4.69) is 10.3 Å². The van der Waals surface area contributed by atoms with E-state index in [-0.39, 0.29) is 5.91 Å². The van der Waals surface area contributed by atoms with Crippen molar-refractivity contribution in [3.8, 4) is 0 Å². The first-order valence-electron chi connectivity index (χ1n) is 9.00. The summed E-state index contributed by atoms with van der Waals surface area (Å²) >= 11 is 0. The lowest BCUT2D eigenvalue weighted by Gasteiger charge is -2.27. The number of aryl methyl sites for hydroxylation is 1. The highest BCUT2D eigenvalue weighted by molar-refractivity contribution is 6.08. The van der Waals surface area contributed by atoms with Crippen LogP contribution < -0.4 is 5.32 Å². The first-order chi connectivity index (χ1) is 13.0. The molecule has 2 aromatic heterocycles. The summed E-state index contributed by atoms with van der Waals surface area (Å²) < 4.78 is 28.5. The Hall–Kier alpha value is -2.96. The van der Waals surface area contributed by atoms with Crippen LogP contribution in [0.4, 0.5) is 20.3 Å². The Morgan fingerprint density at radius 3 is 2.63 bits per heavy atom. The van der Waals surface area contributed by atoms with Crippen LogP contribution in [0, 0.1) is 11.6 Å². The van der Waals surface area contributed by atoms with Crippen LogP contribution in [0.2, 0.25) is 0 Å². The number of hydrogen-bond acceptors (Lipinski definition) is 3. The van der Waals surface area contributed by atoms with E-state index in [1.165, 1.54) is 6.07 Å². The van der Waals surface area contributed by atoms with Crippen molar-refractivity contribution in [2.24, 2.45) is 7.05 Å². The number of likely N-dealkylation sites (tertiary alicyclic amines) is 1. The molecule has 7 heteroatoms. The van der Waals surface area contributed by atoms with Gasteiger partial charge in [-0.1, -0.05) is 0 Å². The molecule has 0 saturated carbocycles. The van der Waals surface area contributed by atoms with Crippen LogP contribution in [0.3, 0.4) is 0 Å². The van der Waals surface area contributed by atoms with E-state index in [0.717, 1.165) is 55.4 Å². The number of pyridine rings is 1. The molecule has 1 saturated heterocycles. The molecule has 1 fully saturated rings. The Kier molecular flexibility index (Phi) is 4.51. The van der Waals surface area contributed by atoms with Crippen molar-refractivity contribution in [2.75, 3.05) is 18.4 Å². The van der Waals surface area contributed by atoms with E-state index >= 15 is 0 Å². The molecule has 0 unspecified atom stereocenters. The van der Waals surface area contributed by atoms with Gasteiger partial charge >= 0.3 is 0 Å². The van der Waals surface area contributed by atoms with Gasteiger partial charge in [0.1, 0.15) is 5.82 Å². The highest BCUT2D eigenvalue weighted by Gasteiger charge is 2.23. The monoisotopic (exact) mass is 370 g/mol. The highest BCUT2D eigenvalue weighted by atomic mass is 19.2. The molecule has 0 spiro atoms. The largest absolute Gasteiger partial charge is 0.350 e. The van der Waals surface area contributed by atoms with Crippen molar-refractivity contribution in [3.63, 3.8) is 0 Å². The van der Waals surface area contributed by atoms with E-state index in [0.29, 0.717) is 17.1 Å². The molecule has 5 nitrogen and oxygen atoms in total. The third kappa shape index (κ3) is 3.25.